The maximum absolute atomic E-state index is 11.5. The third kappa shape index (κ3) is 4.81. The van der Waals surface area contributed by atoms with E-state index in [-0.39, 0.29) is 17.2 Å². The number of imidazole rings is 1. The Hall–Kier alpha value is -3.62. The fourth-order valence-corrected chi connectivity index (χ4v) is 2.78. The summed E-state index contributed by atoms with van der Waals surface area (Å²) in [5.41, 5.74) is 5.97. The van der Waals surface area contributed by atoms with E-state index in [1.165, 1.54) is 19.4 Å². The summed E-state index contributed by atoms with van der Waals surface area (Å²) in [6.07, 6.45) is 3.18. The molecule has 0 fully saturated rings. The minimum absolute atomic E-state index is 0.128. The molecule has 0 radical (unpaired) electrons. The van der Waals surface area contributed by atoms with Gasteiger partial charge in [-0.3, -0.25) is 10.1 Å². The molecular formula is C20H23N5O4. The molecule has 1 heterocycles. The molecule has 0 saturated carbocycles. The SMILES string of the molecule is CCCCOc1c(OC)cc(/C=N\Nc2nc3ccc(C)cc3[nH]2)cc1[N+](=O)[O-]. The van der Waals surface area contributed by atoms with Crippen LogP contribution in [0.15, 0.2) is 35.4 Å². The lowest BCUT2D eigenvalue weighted by Crippen LogP contribution is -2.04. The first-order chi connectivity index (χ1) is 14.0. The second-order valence-electron chi connectivity index (χ2n) is 6.51. The first kappa shape index (κ1) is 20.1. The monoisotopic (exact) mass is 397 g/mol. The van der Waals surface area contributed by atoms with Crippen molar-refractivity contribution in [2.24, 2.45) is 5.10 Å². The quantitative estimate of drug-likeness (QED) is 0.239. The van der Waals surface area contributed by atoms with Gasteiger partial charge in [-0.15, -0.1) is 0 Å². The number of rotatable bonds is 9. The van der Waals surface area contributed by atoms with Crippen LogP contribution in [0.3, 0.4) is 0 Å². The molecule has 0 saturated heterocycles. The lowest BCUT2D eigenvalue weighted by molar-refractivity contribution is -0.386. The number of nitro groups is 1. The van der Waals surface area contributed by atoms with Crippen LogP contribution in [0.5, 0.6) is 11.5 Å². The molecule has 0 atom stereocenters. The Balaban J connectivity index is 1.81. The smallest absolute Gasteiger partial charge is 0.315 e. The molecular weight excluding hydrogens is 374 g/mol. The van der Waals surface area contributed by atoms with E-state index in [2.05, 4.69) is 20.5 Å². The van der Waals surface area contributed by atoms with Crippen LogP contribution in [0, 0.1) is 17.0 Å². The van der Waals surface area contributed by atoms with Crippen molar-refractivity contribution in [1.29, 1.82) is 0 Å². The summed E-state index contributed by atoms with van der Waals surface area (Å²) in [5, 5.41) is 15.6. The standard InChI is InChI=1S/C20H23N5O4/c1-4-5-8-29-19-17(25(26)27)10-14(11-18(19)28-3)12-21-24-20-22-15-7-6-13(2)9-16(15)23-20/h6-7,9-12H,4-5,8H2,1-3H3,(H2,22,23,24)/b21-12-. The largest absolute Gasteiger partial charge is 0.493 e. The predicted octanol–water partition coefficient (Wildman–Crippen LogP) is 4.41. The van der Waals surface area contributed by atoms with Gasteiger partial charge in [0, 0.05) is 11.6 Å². The highest BCUT2D eigenvalue weighted by Gasteiger charge is 2.22. The average Bonchev–Trinajstić information content (AvgIpc) is 3.10. The molecule has 2 aromatic carbocycles. The molecule has 2 N–H and O–H groups in total. The average molecular weight is 397 g/mol. The van der Waals surface area contributed by atoms with Crippen LogP contribution >= 0.6 is 0 Å². The van der Waals surface area contributed by atoms with Gasteiger partial charge in [0.05, 0.1) is 35.9 Å². The number of hydrogen-bond acceptors (Lipinski definition) is 7. The number of nitrogens with one attached hydrogen (secondary N) is 2. The molecule has 9 nitrogen and oxygen atoms in total. The third-order valence-electron chi connectivity index (χ3n) is 4.24. The molecule has 0 spiro atoms. The van der Waals surface area contributed by atoms with E-state index in [1.54, 1.807) is 6.07 Å². The van der Waals surface area contributed by atoms with Crippen molar-refractivity contribution in [3.05, 3.63) is 51.6 Å². The molecule has 152 valence electrons. The highest BCUT2D eigenvalue weighted by atomic mass is 16.6. The van der Waals surface area contributed by atoms with Crippen molar-refractivity contribution in [1.82, 2.24) is 9.97 Å². The van der Waals surface area contributed by atoms with E-state index in [0.29, 0.717) is 18.1 Å². The summed E-state index contributed by atoms with van der Waals surface area (Å²) in [7, 11) is 1.45. The molecule has 0 aliphatic carbocycles. The third-order valence-corrected chi connectivity index (χ3v) is 4.24. The zero-order valence-electron chi connectivity index (χ0n) is 16.6. The van der Waals surface area contributed by atoms with Crippen LogP contribution < -0.4 is 14.9 Å². The topological polar surface area (TPSA) is 115 Å². The van der Waals surface area contributed by atoms with Gasteiger partial charge in [0.2, 0.25) is 11.7 Å². The number of unbranched alkanes of at least 4 members (excludes halogenated alkanes) is 1. The number of hydrogen-bond donors (Lipinski definition) is 2. The Labute approximate surface area is 167 Å². The normalized spacial score (nSPS) is 11.1. The summed E-state index contributed by atoms with van der Waals surface area (Å²) >= 11 is 0. The van der Waals surface area contributed by atoms with E-state index in [4.69, 9.17) is 9.47 Å². The van der Waals surface area contributed by atoms with Crippen molar-refractivity contribution in [2.45, 2.75) is 26.7 Å². The minimum Gasteiger partial charge on any atom is -0.493 e. The maximum atomic E-state index is 11.5. The summed E-state index contributed by atoms with van der Waals surface area (Å²) in [6, 6.07) is 8.93. The van der Waals surface area contributed by atoms with E-state index in [9.17, 15) is 10.1 Å². The summed E-state index contributed by atoms with van der Waals surface area (Å²) < 4.78 is 10.9. The molecule has 0 unspecified atom stereocenters. The minimum atomic E-state index is -0.490. The highest BCUT2D eigenvalue weighted by molar-refractivity contribution is 5.84. The van der Waals surface area contributed by atoms with Crippen molar-refractivity contribution < 1.29 is 14.4 Å². The van der Waals surface area contributed by atoms with Crippen LogP contribution in [-0.2, 0) is 0 Å². The number of aromatic amines is 1. The summed E-state index contributed by atoms with van der Waals surface area (Å²) in [5.74, 6) is 0.891. The molecule has 3 aromatic rings. The zero-order chi connectivity index (χ0) is 20.8. The van der Waals surface area contributed by atoms with E-state index < -0.39 is 4.92 Å². The number of hydrazone groups is 1. The number of fused-ring (bicyclic) bond motifs is 1. The lowest BCUT2D eigenvalue weighted by atomic mass is 10.2. The van der Waals surface area contributed by atoms with Crippen LogP contribution in [0.2, 0.25) is 0 Å². The Bertz CT molecular complexity index is 1040. The van der Waals surface area contributed by atoms with Gasteiger partial charge in [-0.2, -0.15) is 5.10 Å². The second kappa shape index (κ2) is 9.05. The zero-order valence-corrected chi connectivity index (χ0v) is 16.6. The van der Waals surface area contributed by atoms with Gasteiger partial charge >= 0.3 is 5.69 Å². The Kier molecular flexibility index (Phi) is 6.28. The number of aromatic nitrogens is 2. The van der Waals surface area contributed by atoms with E-state index in [1.807, 2.05) is 32.0 Å². The predicted molar refractivity (Wildman–Crippen MR) is 112 cm³/mol. The molecule has 0 bridgehead atoms. The lowest BCUT2D eigenvalue weighted by Gasteiger charge is -2.11. The number of benzene rings is 2. The van der Waals surface area contributed by atoms with Crippen LogP contribution in [0.25, 0.3) is 11.0 Å². The highest BCUT2D eigenvalue weighted by Crippen LogP contribution is 2.38. The maximum Gasteiger partial charge on any atom is 0.315 e. The van der Waals surface area contributed by atoms with E-state index in [0.717, 1.165) is 29.4 Å². The summed E-state index contributed by atoms with van der Waals surface area (Å²) in [4.78, 5) is 18.5. The number of anilines is 1. The molecule has 0 aliphatic heterocycles. The molecule has 3 rings (SSSR count). The summed E-state index contributed by atoms with van der Waals surface area (Å²) in [6.45, 7) is 4.40. The number of ether oxygens (including phenoxy) is 2. The molecule has 1 aromatic heterocycles. The fraction of sp³-hybridized carbons (Fsp3) is 0.300. The van der Waals surface area contributed by atoms with Gasteiger partial charge < -0.3 is 14.5 Å². The van der Waals surface area contributed by atoms with Gasteiger partial charge in [-0.25, -0.2) is 10.4 Å². The Morgan fingerprint density at radius 3 is 2.90 bits per heavy atom. The number of methoxy groups -OCH3 is 1. The van der Waals surface area contributed by atoms with Gasteiger partial charge in [-0.05, 0) is 37.1 Å². The number of nitrogens with zero attached hydrogens (tertiary/aromatic N) is 3. The van der Waals surface area contributed by atoms with Gasteiger partial charge in [-0.1, -0.05) is 19.4 Å². The van der Waals surface area contributed by atoms with Crippen LogP contribution in [-0.4, -0.2) is 34.8 Å². The molecule has 29 heavy (non-hydrogen) atoms. The Morgan fingerprint density at radius 2 is 2.17 bits per heavy atom. The molecule has 0 amide bonds. The first-order valence-electron chi connectivity index (χ1n) is 9.26. The van der Waals surface area contributed by atoms with Gasteiger partial charge in [0.1, 0.15) is 0 Å². The number of nitro benzene ring substituents is 1. The van der Waals surface area contributed by atoms with Gasteiger partial charge in [0.25, 0.3) is 0 Å². The number of H-pyrrole nitrogens is 1. The van der Waals surface area contributed by atoms with Crippen molar-refractivity contribution in [2.75, 3.05) is 19.1 Å². The second-order valence-corrected chi connectivity index (χ2v) is 6.51. The van der Waals surface area contributed by atoms with Crippen LogP contribution in [0.4, 0.5) is 11.6 Å². The van der Waals surface area contributed by atoms with E-state index >= 15 is 0 Å². The number of aryl methyl sites for hydroxylation is 1. The first-order valence-corrected chi connectivity index (χ1v) is 9.26. The van der Waals surface area contributed by atoms with Crippen molar-refractivity contribution in [3.63, 3.8) is 0 Å². The Morgan fingerprint density at radius 1 is 1.34 bits per heavy atom. The van der Waals surface area contributed by atoms with Crippen molar-refractivity contribution in [3.8, 4) is 11.5 Å². The van der Waals surface area contributed by atoms with Crippen molar-refractivity contribution >= 4 is 28.9 Å². The molecule has 0 aliphatic rings. The fourth-order valence-electron chi connectivity index (χ4n) is 2.78. The van der Waals surface area contributed by atoms with Crippen LogP contribution in [0.1, 0.15) is 30.9 Å². The molecule has 9 heteroatoms. The van der Waals surface area contributed by atoms with Gasteiger partial charge in [0.15, 0.2) is 5.75 Å².